The average Bonchev–Trinajstić information content (AvgIpc) is 2.33. The molecule has 1 unspecified atom stereocenters. The van der Waals surface area contributed by atoms with E-state index in [0.717, 1.165) is 19.5 Å². The van der Waals surface area contributed by atoms with Crippen LogP contribution in [0.15, 0.2) is 36.9 Å². The average molecular weight is 231 g/mol. The van der Waals surface area contributed by atoms with Crippen LogP contribution in [0.4, 0.5) is 0 Å². The molecule has 0 bridgehead atoms. The number of rotatable bonds is 7. The molecule has 1 atom stereocenters. The van der Waals surface area contributed by atoms with Crippen molar-refractivity contribution in [3.8, 4) is 0 Å². The summed E-state index contributed by atoms with van der Waals surface area (Å²) in [7, 11) is 0. The van der Waals surface area contributed by atoms with Crippen molar-refractivity contribution in [3.63, 3.8) is 0 Å². The molecule has 1 rings (SSSR count). The monoisotopic (exact) mass is 231 g/mol. The molecule has 0 radical (unpaired) electrons. The van der Waals surface area contributed by atoms with Crippen LogP contribution in [0, 0.1) is 12.3 Å². The van der Waals surface area contributed by atoms with Crippen LogP contribution in [-0.4, -0.2) is 13.1 Å². The molecule has 0 aromatic heterocycles. The van der Waals surface area contributed by atoms with E-state index >= 15 is 0 Å². The molecule has 1 nitrogen and oxygen atoms in total. The van der Waals surface area contributed by atoms with Crippen molar-refractivity contribution in [2.75, 3.05) is 13.1 Å². The Hall–Kier alpha value is -1.08. The highest BCUT2D eigenvalue weighted by molar-refractivity contribution is 5.23. The number of benzene rings is 1. The molecule has 1 aromatic carbocycles. The molecule has 94 valence electrons. The Morgan fingerprint density at radius 2 is 1.94 bits per heavy atom. The highest BCUT2D eigenvalue weighted by Gasteiger charge is 2.20. The van der Waals surface area contributed by atoms with Gasteiger partial charge in [-0.15, -0.1) is 6.58 Å². The van der Waals surface area contributed by atoms with Crippen LogP contribution in [0.5, 0.6) is 0 Å². The highest BCUT2D eigenvalue weighted by atomic mass is 14.9. The summed E-state index contributed by atoms with van der Waals surface area (Å²) in [5.74, 6) is 0. The molecule has 0 saturated heterocycles. The lowest BCUT2D eigenvalue weighted by atomic mass is 9.83. The van der Waals surface area contributed by atoms with Gasteiger partial charge in [0.2, 0.25) is 0 Å². The first-order valence-corrected chi connectivity index (χ1v) is 6.49. The van der Waals surface area contributed by atoms with Crippen LogP contribution in [0.25, 0.3) is 0 Å². The Labute approximate surface area is 106 Å². The van der Waals surface area contributed by atoms with E-state index in [1.165, 1.54) is 17.5 Å². The van der Waals surface area contributed by atoms with E-state index < -0.39 is 0 Å². The zero-order valence-corrected chi connectivity index (χ0v) is 11.4. The van der Waals surface area contributed by atoms with Crippen molar-refractivity contribution < 1.29 is 0 Å². The Balaban J connectivity index is 2.61. The Morgan fingerprint density at radius 3 is 2.47 bits per heavy atom. The van der Waals surface area contributed by atoms with Crippen molar-refractivity contribution in [2.24, 2.45) is 5.41 Å². The zero-order chi connectivity index (χ0) is 12.7. The van der Waals surface area contributed by atoms with E-state index in [-0.39, 0.29) is 5.41 Å². The second-order valence-corrected chi connectivity index (χ2v) is 5.20. The number of hydrogen-bond donors (Lipinski definition) is 1. The van der Waals surface area contributed by atoms with Gasteiger partial charge in [0.15, 0.2) is 0 Å². The van der Waals surface area contributed by atoms with Gasteiger partial charge in [-0.1, -0.05) is 49.8 Å². The third kappa shape index (κ3) is 4.74. The molecular formula is C16H25N. The predicted molar refractivity (Wildman–Crippen MR) is 76.3 cm³/mol. The van der Waals surface area contributed by atoms with Gasteiger partial charge in [0, 0.05) is 12.0 Å². The first-order chi connectivity index (χ1) is 8.09. The van der Waals surface area contributed by atoms with Crippen LogP contribution in [0.3, 0.4) is 0 Å². The van der Waals surface area contributed by atoms with Gasteiger partial charge in [-0.2, -0.15) is 0 Å². The number of hydrogen-bond acceptors (Lipinski definition) is 1. The van der Waals surface area contributed by atoms with Crippen LogP contribution < -0.4 is 5.32 Å². The molecule has 0 spiro atoms. The van der Waals surface area contributed by atoms with Crippen molar-refractivity contribution in [1.82, 2.24) is 5.32 Å². The normalized spacial score (nSPS) is 14.3. The Bertz CT molecular complexity index is 339. The van der Waals surface area contributed by atoms with Crippen molar-refractivity contribution in [1.29, 1.82) is 0 Å². The Kier molecular flexibility index (Phi) is 5.43. The molecule has 0 saturated carbocycles. The topological polar surface area (TPSA) is 12.0 Å². The number of aryl methyl sites for hydroxylation is 1. The van der Waals surface area contributed by atoms with E-state index in [2.05, 4.69) is 63.0 Å². The molecule has 1 N–H and O–H groups in total. The molecule has 0 fully saturated rings. The zero-order valence-electron chi connectivity index (χ0n) is 11.4. The van der Waals surface area contributed by atoms with Crippen LogP contribution in [-0.2, 0) is 6.42 Å². The lowest BCUT2D eigenvalue weighted by Gasteiger charge is -2.26. The van der Waals surface area contributed by atoms with Crippen molar-refractivity contribution in [3.05, 3.63) is 48.0 Å². The van der Waals surface area contributed by atoms with Gasteiger partial charge in [0.25, 0.3) is 0 Å². The second kappa shape index (κ2) is 6.61. The standard InChI is InChI=1S/C16H25N/c1-5-11-17-13-16(4,6-2)12-15-9-7-14(3)8-10-15/h6-10,17H,2,5,11-13H2,1,3-4H3. The van der Waals surface area contributed by atoms with Gasteiger partial charge in [-0.3, -0.25) is 0 Å². The van der Waals surface area contributed by atoms with Crippen LogP contribution >= 0.6 is 0 Å². The third-order valence-electron chi connectivity index (χ3n) is 3.18. The molecule has 1 heteroatoms. The summed E-state index contributed by atoms with van der Waals surface area (Å²) in [6, 6.07) is 8.80. The molecule has 0 aliphatic rings. The first-order valence-electron chi connectivity index (χ1n) is 6.49. The highest BCUT2D eigenvalue weighted by Crippen LogP contribution is 2.23. The summed E-state index contributed by atoms with van der Waals surface area (Å²) < 4.78 is 0. The van der Waals surface area contributed by atoms with Crippen LogP contribution in [0.1, 0.15) is 31.4 Å². The lowest BCUT2D eigenvalue weighted by Crippen LogP contribution is -2.32. The van der Waals surface area contributed by atoms with E-state index in [9.17, 15) is 0 Å². The number of nitrogens with one attached hydrogen (secondary N) is 1. The van der Waals surface area contributed by atoms with Crippen molar-refractivity contribution >= 4 is 0 Å². The minimum Gasteiger partial charge on any atom is -0.316 e. The lowest BCUT2D eigenvalue weighted by molar-refractivity contribution is 0.391. The second-order valence-electron chi connectivity index (χ2n) is 5.20. The largest absolute Gasteiger partial charge is 0.316 e. The maximum absolute atomic E-state index is 3.99. The molecule has 17 heavy (non-hydrogen) atoms. The summed E-state index contributed by atoms with van der Waals surface area (Å²) in [5, 5.41) is 3.49. The minimum absolute atomic E-state index is 0.143. The summed E-state index contributed by atoms with van der Waals surface area (Å²) in [4.78, 5) is 0. The summed E-state index contributed by atoms with van der Waals surface area (Å²) in [5.41, 5.74) is 2.85. The van der Waals surface area contributed by atoms with Gasteiger partial charge in [-0.25, -0.2) is 0 Å². The van der Waals surface area contributed by atoms with E-state index in [1.54, 1.807) is 0 Å². The molecule has 0 heterocycles. The summed E-state index contributed by atoms with van der Waals surface area (Å²) in [6.45, 7) is 12.6. The minimum atomic E-state index is 0.143. The maximum atomic E-state index is 3.99. The maximum Gasteiger partial charge on any atom is 0.00430 e. The summed E-state index contributed by atoms with van der Waals surface area (Å²) >= 11 is 0. The van der Waals surface area contributed by atoms with E-state index in [4.69, 9.17) is 0 Å². The predicted octanol–water partition coefficient (Wildman–Crippen LogP) is 3.73. The quantitative estimate of drug-likeness (QED) is 0.557. The van der Waals surface area contributed by atoms with Gasteiger partial charge in [0.05, 0.1) is 0 Å². The van der Waals surface area contributed by atoms with Gasteiger partial charge >= 0.3 is 0 Å². The fourth-order valence-corrected chi connectivity index (χ4v) is 1.93. The smallest absolute Gasteiger partial charge is 0.00430 e. The molecular weight excluding hydrogens is 206 g/mol. The molecule has 0 aliphatic heterocycles. The Morgan fingerprint density at radius 1 is 1.29 bits per heavy atom. The van der Waals surface area contributed by atoms with Gasteiger partial charge in [0.1, 0.15) is 0 Å². The fraction of sp³-hybridized carbons (Fsp3) is 0.500. The SMILES string of the molecule is C=CC(C)(CNCCC)Cc1ccc(C)cc1. The first kappa shape index (κ1) is 14.0. The van der Waals surface area contributed by atoms with Gasteiger partial charge in [-0.05, 0) is 31.9 Å². The fourth-order valence-electron chi connectivity index (χ4n) is 1.93. The third-order valence-corrected chi connectivity index (χ3v) is 3.18. The van der Waals surface area contributed by atoms with Gasteiger partial charge < -0.3 is 5.32 Å². The summed E-state index contributed by atoms with van der Waals surface area (Å²) in [6.07, 6.45) is 4.31. The van der Waals surface area contributed by atoms with E-state index in [1.807, 2.05) is 0 Å². The molecule has 0 amide bonds. The van der Waals surface area contributed by atoms with Crippen molar-refractivity contribution in [2.45, 2.75) is 33.6 Å². The van der Waals surface area contributed by atoms with E-state index in [0.29, 0.717) is 0 Å². The molecule has 0 aliphatic carbocycles. The van der Waals surface area contributed by atoms with Crippen LogP contribution in [0.2, 0.25) is 0 Å². The molecule has 1 aromatic rings.